The number of amides is 1. The molecular weight excluding hydrogens is 276 g/mol. The fourth-order valence-corrected chi connectivity index (χ4v) is 2.62. The van der Waals surface area contributed by atoms with Gasteiger partial charge in [-0.05, 0) is 33.8 Å². The minimum absolute atomic E-state index is 0.0721. The highest BCUT2D eigenvalue weighted by Gasteiger charge is 2.12. The van der Waals surface area contributed by atoms with Gasteiger partial charge in [-0.2, -0.15) is 0 Å². The predicted molar refractivity (Wildman–Crippen MR) is 66.7 cm³/mol. The van der Waals surface area contributed by atoms with Crippen molar-refractivity contribution in [3.05, 3.63) is 20.8 Å². The van der Waals surface area contributed by atoms with Gasteiger partial charge < -0.3 is 11.1 Å². The second kappa shape index (κ2) is 6.25. The van der Waals surface area contributed by atoms with Gasteiger partial charge in [-0.15, -0.1) is 11.3 Å². The average molecular weight is 291 g/mol. The summed E-state index contributed by atoms with van der Waals surface area (Å²) in [6.45, 7) is 2.57. The van der Waals surface area contributed by atoms with E-state index in [0.717, 1.165) is 22.2 Å². The fraction of sp³-hybridized carbons (Fsp3) is 0.500. The van der Waals surface area contributed by atoms with E-state index >= 15 is 0 Å². The highest BCUT2D eigenvalue weighted by atomic mass is 79.9. The molecule has 0 aliphatic carbocycles. The van der Waals surface area contributed by atoms with Crippen LogP contribution in [0.15, 0.2) is 15.9 Å². The Balaban J connectivity index is 2.37. The zero-order valence-electron chi connectivity index (χ0n) is 8.63. The number of nitrogens with two attached hydrogens (primary N) is 1. The molecule has 3 nitrogen and oxygen atoms in total. The minimum atomic E-state index is -0.381. The maximum atomic E-state index is 11.5. The smallest absolute Gasteiger partial charge is 0.237 e. The summed E-state index contributed by atoms with van der Waals surface area (Å²) in [5.41, 5.74) is 5.68. The Morgan fingerprint density at radius 1 is 1.73 bits per heavy atom. The zero-order valence-corrected chi connectivity index (χ0v) is 11.0. The van der Waals surface area contributed by atoms with Crippen molar-refractivity contribution in [2.45, 2.75) is 32.4 Å². The first kappa shape index (κ1) is 12.7. The summed E-state index contributed by atoms with van der Waals surface area (Å²) in [7, 11) is 0. The molecule has 1 heterocycles. The summed E-state index contributed by atoms with van der Waals surface area (Å²) < 4.78 is 1.04. The topological polar surface area (TPSA) is 55.1 Å². The van der Waals surface area contributed by atoms with E-state index in [2.05, 4.69) is 21.2 Å². The van der Waals surface area contributed by atoms with E-state index in [0.29, 0.717) is 6.54 Å². The Bertz CT molecular complexity index is 327. The quantitative estimate of drug-likeness (QED) is 0.874. The van der Waals surface area contributed by atoms with Crippen molar-refractivity contribution in [2.75, 3.05) is 0 Å². The molecule has 0 aliphatic rings. The van der Waals surface area contributed by atoms with Crippen LogP contribution in [0.2, 0.25) is 0 Å². The third-order valence-corrected chi connectivity index (χ3v) is 3.98. The number of carbonyl (C=O) groups is 1. The van der Waals surface area contributed by atoms with E-state index in [-0.39, 0.29) is 11.9 Å². The van der Waals surface area contributed by atoms with Crippen molar-refractivity contribution < 1.29 is 4.79 Å². The Kier molecular flexibility index (Phi) is 5.28. The van der Waals surface area contributed by atoms with Crippen molar-refractivity contribution in [1.82, 2.24) is 5.32 Å². The van der Waals surface area contributed by atoms with Crippen molar-refractivity contribution >= 4 is 33.2 Å². The number of thiophene rings is 1. The van der Waals surface area contributed by atoms with E-state index in [9.17, 15) is 4.79 Å². The summed E-state index contributed by atoms with van der Waals surface area (Å²) in [6, 6.07) is 1.59. The van der Waals surface area contributed by atoms with Crippen LogP contribution in [0.4, 0.5) is 0 Å². The Labute approximate surface area is 102 Å². The number of halogens is 1. The van der Waals surface area contributed by atoms with Gasteiger partial charge in [0.25, 0.3) is 0 Å². The van der Waals surface area contributed by atoms with Crippen LogP contribution in [-0.2, 0) is 11.3 Å². The Morgan fingerprint density at radius 3 is 3.00 bits per heavy atom. The zero-order chi connectivity index (χ0) is 11.3. The highest BCUT2D eigenvalue weighted by Crippen LogP contribution is 2.22. The fourth-order valence-electron chi connectivity index (χ4n) is 1.19. The molecule has 0 aromatic carbocycles. The standard InChI is InChI=1S/C10H15BrN2OS/c1-2-3-8(12)10(14)13-6-9-7(11)4-5-15-9/h4-5,8H,2-3,6,12H2,1H3,(H,13,14)/t8-/m1/s1. The predicted octanol–water partition coefficient (Wildman–Crippen LogP) is 2.25. The molecule has 3 N–H and O–H groups in total. The van der Waals surface area contributed by atoms with Crippen LogP contribution in [-0.4, -0.2) is 11.9 Å². The normalized spacial score (nSPS) is 12.5. The highest BCUT2D eigenvalue weighted by molar-refractivity contribution is 9.10. The summed E-state index contributed by atoms with van der Waals surface area (Å²) in [5, 5.41) is 4.81. The Morgan fingerprint density at radius 2 is 2.47 bits per heavy atom. The lowest BCUT2D eigenvalue weighted by Gasteiger charge is -2.10. The lowest BCUT2D eigenvalue weighted by molar-refractivity contribution is -0.122. The van der Waals surface area contributed by atoms with Gasteiger partial charge >= 0.3 is 0 Å². The van der Waals surface area contributed by atoms with Gasteiger partial charge in [-0.3, -0.25) is 4.79 Å². The number of hydrogen-bond acceptors (Lipinski definition) is 3. The second-order valence-electron chi connectivity index (χ2n) is 3.30. The first-order valence-electron chi connectivity index (χ1n) is 4.90. The minimum Gasteiger partial charge on any atom is -0.350 e. The molecule has 0 bridgehead atoms. The number of nitrogens with one attached hydrogen (secondary N) is 1. The third kappa shape index (κ3) is 3.93. The Hall–Kier alpha value is -0.390. The number of carbonyl (C=O) groups excluding carboxylic acids is 1. The molecule has 0 saturated heterocycles. The molecule has 15 heavy (non-hydrogen) atoms. The molecule has 0 unspecified atom stereocenters. The van der Waals surface area contributed by atoms with Gasteiger partial charge in [0.05, 0.1) is 12.6 Å². The third-order valence-electron chi connectivity index (χ3n) is 2.05. The first-order valence-corrected chi connectivity index (χ1v) is 6.57. The van der Waals surface area contributed by atoms with Gasteiger partial charge in [-0.25, -0.2) is 0 Å². The van der Waals surface area contributed by atoms with Crippen LogP contribution in [0.1, 0.15) is 24.6 Å². The van der Waals surface area contributed by atoms with Gasteiger partial charge in [-0.1, -0.05) is 13.3 Å². The molecular formula is C10H15BrN2OS. The molecule has 1 aromatic heterocycles. The summed E-state index contributed by atoms with van der Waals surface area (Å²) in [5.74, 6) is -0.0721. The molecule has 0 radical (unpaired) electrons. The molecule has 0 fully saturated rings. The van der Waals surface area contributed by atoms with Crippen LogP contribution in [0.5, 0.6) is 0 Å². The number of hydrogen-bond donors (Lipinski definition) is 2. The van der Waals surface area contributed by atoms with Gasteiger partial charge in [0.15, 0.2) is 0 Å². The first-order chi connectivity index (χ1) is 7.15. The largest absolute Gasteiger partial charge is 0.350 e. The van der Waals surface area contributed by atoms with E-state index in [4.69, 9.17) is 5.73 Å². The molecule has 1 rings (SSSR count). The summed E-state index contributed by atoms with van der Waals surface area (Å²) in [4.78, 5) is 12.6. The van der Waals surface area contributed by atoms with Gasteiger partial charge in [0, 0.05) is 9.35 Å². The lowest BCUT2D eigenvalue weighted by Crippen LogP contribution is -2.39. The van der Waals surface area contributed by atoms with Crippen LogP contribution in [0.25, 0.3) is 0 Å². The van der Waals surface area contributed by atoms with Crippen LogP contribution >= 0.6 is 27.3 Å². The van der Waals surface area contributed by atoms with Crippen molar-refractivity contribution in [3.8, 4) is 0 Å². The maximum absolute atomic E-state index is 11.5. The summed E-state index contributed by atoms with van der Waals surface area (Å²) in [6.07, 6.45) is 1.66. The van der Waals surface area contributed by atoms with Crippen molar-refractivity contribution in [1.29, 1.82) is 0 Å². The summed E-state index contributed by atoms with van der Waals surface area (Å²) >= 11 is 5.03. The SMILES string of the molecule is CCC[C@@H](N)C(=O)NCc1sccc1Br. The second-order valence-corrected chi connectivity index (χ2v) is 5.16. The molecule has 0 spiro atoms. The molecule has 1 amide bonds. The van der Waals surface area contributed by atoms with Gasteiger partial charge in [0.1, 0.15) is 0 Å². The molecule has 1 aromatic rings. The molecule has 84 valence electrons. The van der Waals surface area contributed by atoms with E-state index in [1.54, 1.807) is 11.3 Å². The van der Waals surface area contributed by atoms with E-state index in [1.165, 1.54) is 0 Å². The van der Waals surface area contributed by atoms with Crippen LogP contribution in [0, 0.1) is 0 Å². The van der Waals surface area contributed by atoms with E-state index in [1.807, 2.05) is 18.4 Å². The van der Waals surface area contributed by atoms with Gasteiger partial charge in [0.2, 0.25) is 5.91 Å². The molecule has 5 heteroatoms. The van der Waals surface area contributed by atoms with Crippen LogP contribution in [0.3, 0.4) is 0 Å². The average Bonchev–Trinajstić information content (AvgIpc) is 2.61. The number of rotatable bonds is 5. The molecule has 0 saturated carbocycles. The molecule has 0 aliphatic heterocycles. The molecule has 1 atom stereocenters. The van der Waals surface area contributed by atoms with Crippen molar-refractivity contribution in [3.63, 3.8) is 0 Å². The lowest BCUT2D eigenvalue weighted by atomic mass is 10.2. The maximum Gasteiger partial charge on any atom is 0.237 e. The van der Waals surface area contributed by atoms with E-state index < -0.39 is 0 Å². The van der Waals surface area contributed by atoms with Crippen molar-refractivity contribution in [2.24, 2.45) is 5.73 Å². The van der Waals surface area contributed by atoms with Crippen LogP contribution < -0.4 is 11.1 Å². The monoisotopic (exact) mass is 290 g/mol.